The molecule has 0 aliphatic rings. The van der Waals surface area contributed by atoms with E-state index in [4.69, 9.17) is 15.0 Å². The van der Waals surface area contributed by atoms with E-state index < -0.39 is 0 Å². The molecule has 2 N–H and O–H groups in total. The first kappa shape index (κ1) is 21.3. The van der Waals surface area contributed by atoms with E-state index in [1.165, 1.54) is 0 Å². The molecule has 0 amide bonds. The van der Waals surface area contributed by atoms with Crippen molar-refractivity contribution in [1.29, 1.82) is 0 Å². The summed E-state index contributed by atoms with van der Waals surface area (Å²) in [6.45, 7) is 0. The van der Waals surface area contributed by atoms with Crippen LogP contribution in [0, 0.1) is 0 Å². The molecule has 5 aromatic rings. The molecule has 1 aromatic heterocycles. The van der Waals surface area contributed by atoms with Gasteiger partial charge in [0.2, 0.25) is 0 Å². The van der Waals surface area contributed by atoms with E-state index in [9.17, 15) is 0 Å². The molecule has 0 fully saturated rings. The van der Waals surface area contributed by atoms with Crippen LogP contribution in [-0.4, -0.2) is 29.0 Å². The molecule has 5 rings (SSSR count). The van der Waals surface area contributed by atoms with Crippen LogP contribution in [0.3, 0.4) is 0 Å². The minimum atomic E-state index is 0.652. The average molecular weight is 444 g/mol. The van der Waals surface area contributed by atoms with Crippen molar-refractivity contribution in [1.82, 2.24) is 15.0 Å². The summed E-state index contributed by atoms with van der Waals surface area (Å²) >= 11 is 0. The quantitative estimate of drug-likeness (QED) is 0.309. The van der Waals surface area contributed by atoms with Crippen molar-refractivity contribution in [3.05, 3.63) is 103 Å². The Morgan fingerprint density at radius 1 is 0.412 bits per heavy atom. The monoisotopic (exact) mass is 443 g/mol. The third-order valence-corrected chi connectivity index (χ3v) is 5.69. The third-order valence-electron chi connectivity index (χ3n) is 5.69. The lowest BCUT2D eigenvalue weighted by atomic mass is 10.0. The second-order valence-electron chi connectivity index (χ2n) is 7.91. The third kappa shape index (κ3) is 4.50. The fraction of sp³-hybridized carbons (Fsp3) is 0.0690. The summed E-state index contributed by atoms with van der Waals surface area (Å²) < 4.78 is 0. The van der Waals surface area contributed by atoms with Gasteiger partial charge in [0.15, 0.2) is 17.5 Å². The maximum absolute atomic E-state index is 4.81. The van der Waals surface area contributed by atoms with Crippen molar-refractivity contribution in [3.63, 3.8) is 0 Å². The van der Waals surface area contributed by atoms with E-state index in [-0.39, 0.29) is 0 Å². The average Bonchev–Trinajstić information content (AvgIpc) is 2.93. The van der Waals surface area contributed by atoms with E-state index in [1.807, 2.05) is 74.8 Å². The second-order valence-corrected chi connectivity index (χ2v) is 7.91. The van der Waals surface area contributed by atoms with Crippen molar-refractivity contribution >= 4 is 11.4 Å². The first-order valence-corrected chi connectivity index (χ1v) is 11.2. The predicted octanol–water partition coefficient (Wildman–Crippen LogP) is 6.62. The summed E-state index contributed by atoms with van der Waals surface area (Å²) in [6, 6.07) is 34.8. The zero-order valence-electron chi connectivity index (χ0n) is 19.2. The van der Waals surface area contributed by atoms with Gasteiger partial charge in [-0.3, -0.25) is 0 Å². The lowest BCUT2D eigenvalue weighted by Crippen LogP contribution is -2.00. The topological polar surface area (TPSA) is 62.7 Å². The van der Waals surface area contributed by atoms with Gasteiger partial charge in [-0.25, -0.2) is 15.0 Å². The molecule has 0 unspecified atom stereocenters. The fourth-order valence-electron chi connectivity index (χ4n) is 3.83. The Bertz CT molecular complexity index is 1320. The summed E-state index contributed by atoms with van der Waals surface area (Å²) in [4.78, 5) is 14.4. The van der Waals surface area contributed by atoms with Gasteiger partial charge in [0.1, 0.15) is 0 Å². The molecular weight excluding hydrogens is 418 g/mol. The van der Waals surface area contributed by atoms with Crippen molar-refractivity contribution in [2.24, 2.45) is 0 Å². The number of hydrogen-bond acceptors (Lipinski definition) is 5. The molecule has 1 heterocycles. The van der Waals surface area contributed by atoms with Gasteiger partial charge in [0.05, 0.1) is 0 Å². The van der Waals surface area contributed by atoms with Crippen LogP contribution in [0.2, 0.25) is 0 Å². The molecule has 34 heavy (non-hydrogen) atoms. The Labute approximate surface area is 199 Å². The molecule has 0 saturated heterocycles. The molecular formula is C29H25N5. The highest BCUT2D eigenvalue weighted by Gasteiger charge is 2.12. The van der Waals surface area contributed by atoms with Crippen LogP contribution in [0.5, 0.6) is 0 Å². The number of rotatable bonds is 6. The number of nitrogens with one attached hydrogen (secondary N) is 2. The maximum Gasteiger partial charge on any atom is 0.164 e. The molecule has 0 aliphatic carbocycles. The lowest BCUT2D eigenvalue weighted by Gasteiger charge is -2.11. The van der Waals surface area contributed by atoms with Crippen molar-refractivity contribution in [3.8, 4) is 45.3 Å². The number of hydrogen-bond donors (Lipinski definition) is 2. The summed E-state index contributed by atoms with van der Waals surface area (Å²) in [5, 5.41) is 6.45. The molecule has 0 radical (unpaired) electrons. The molecule has 166 valence electrons. The molecule has 5 nitrogen and oxygen atoms in total. The Balaban J connectivity index is 1.57. The van der Waals surface area contributed by atoms with E-state index >= 15 is 0 Å². The van der Waals surface area contributed by atoms with Crippen molar-refractivity contribution in [2.75, 3.05) is 24.7 Å². The first-order valence-electron chi connectivity index (χ1n) is 11.2. The predicted molar refractivity (Wildman–Crippen MR) is 141 cm³/mol. The van der Waals surface area contributed by atoms with Crippen LogP contribution in [-0.2, 0) is 0 Å². The van der Waals surface area contributed by atoms with E-state index in [1.54, 1.807) is 0 Å². The van der Waals surface area contributed by atoms with E-state index in [0.29, 0.717) is 17.5 Å². The second kappa shape index (κ2) is 9.55. The van der Waals surface area contributed by atoms with Gasteiger partial charge < -0.3 is 10.6 Å². The lowest BCUT2D eigenvalue weighted by molar-refractivity contribution is 1.07. The van der Waals surface area contributed by atoms with Crippen LogP contribution < -0.4 is 10.6 Å². The highest BCUT2D eigenvalue weighted by molar-refractivity contribution is 5.76. The minimum absolute atomic E-state index is 0.652. The van der Waals surface area contributed by atoms with E-state index in [0.717, 1.165) is 39.2 Å². The van der Waals surface area contributed by atoms with Gasteiger partial charge >= 0.3 is 0 Å². The normalized spacial score (nSPS) is 10.6. The zero-order valence-corrected chi connectivity index (χ0v) is 19.2. The summed E-state index contributed by atoms with van der Waals surface area (Å²) in [7, 11) is 3.86. The standard InChI is InChI=1S/C29H25N5/c1-30-25-17-24(18-26(19-25)31-2)20-13-15-23(16-14-20)29-33-27(21-9-5-3-6-10-21)32-28(34-29)22-11-7-4-8-12-22/h3-19,30-31H,1-2H3. The van der Waals surface area contributed by atoms with Gasteiger partial charge in [-0.2, -0.15) is 0 Å². The summed E-state index contributed by atoms with van der Waals surface area (Å²) in [6.07, 6.45) is 0. The van der Waals surface area contributed by atoms with Crippen LogP contribution in [0.25, 0.3) is 45.3 Å². The smallest absolute Gasteiger partial charge is 0.164 e. The molecule has 5 heteroatoms. The number of benzene rings is 4. The molecule has 4 aromatic carbocycles. The molecule has 0 bridgehead atoms. The van der Waals surface area contributed by atoms with Crippen molar-refractivity contribution < 1.29 is 0 Å². The molecule has 0 saturated carbocycles. The first-order chi connectivity index (χ1) is 16.7. The summed E-state index contributed by atoms with van der Waals surface area (Å²) in [5.74, 6) is 1.97. The number of nitrogens with zero attached hydrogens (tertiary/aromatic N) is 3. The minimum Gasteiger partial charge on any atom is -0.388 e. The Morgan fingerprint density at radius 3 is 1.21 bits per heavy atom. The Kier molecular flexibility index (Phi) is 5.99. The molecule has 0 aliphatic heterocycles. The zero-order chi connectivity index (χ0) is 23.3. The Hall–Kier alpha value is -4.51. The van der Waals surface area contributed by atoms with Crippen molar-refractivity contribution in [2.45, 2.75) is 0 Å². The van der Waals surface area contributed by atoms with Gasteiger partial charge in [0.25, 0.3) is 0 Å². The highest BCUT2D eigenvalue weighted by Crippen LogP contribution is 2.30. The largest absolute Gasteiger partial charge is 0.388 e. The van der Waals surface area contributed by atoms with Crippen LogP contribution in [0.15, 0.2) is 103 Å². The van der Waals surface area contributed by atoms with Gasteiger partial charge in [-0.1, -0.05) is 84.9 Å². The maximum atomic E-state index is 4.81. The van der Waals surface area contributed by atoms with E-state index in [2.05, 4.69) is 53.1 Å². The van der Waals surface area contributed by atoms with Gasteiger partial charge in [0, 0.05) is 42.2 Å². The van der Waals surface area contributed by atoms with Crippen LogP contribution >= 0.6 is 0 Å². The molecule has 0 atom stereocenters. The SMILES string of the molecule is CNc1cc(NC)cc(-c2ccc(-c3nc(-c4ccccc4)nc(-c4ccccc4)n3)cc2)c1. The highest BCUT2D eigenvalue weighted by atomic mass is 15.0. The molecule has 0 spiro atoms. The van der Waals surface area contributed by atoms with Gasteiger partial charge in [-0.15, -0.1) is 0 Å². The Morgan fingerprint density at radius 2 is 0.794 bits per heavy atom. The van der Waals surface area contributed by atoms with Crippen LogP contribution in [0.1, 0.15) is 0 Å². The number of anilines is 2. The fourth-order valence-corrected chi connectivity index (χ4v) is 3.83. The van der Waals surface area contributed by atoms with Crippen LogP contribution in [0.4, 0.5) is 11.4 Å². The summed E-state index contributed by atoms with van der Waals surface area (Å²) in [5.41, 5.74) is 7.24. The number of aromatic nitrogens is 3. The van der Waals surface area contributed by atoms with Gasteiger partial charge in [-0.05, 0) is 29.3 Å².